The fraction of sp³-hybridized carbons (Fsp3) is 0.125. The molecule has 0 bridgehead atoms. The first-order chi connectivity index (χ1) is 5.77. The average Bonchev–Trinajstić information content (AvgIpc) is 2.17. The molecule has 0 fully saturated rings. The summed E-state index contributed by atoms with van der Waals surface area (Å²) in [6.07, 6.45) is 0. The number of benzene rings is 1. The average molecular weight is 182 g/mol. The number of nitrogens with one attached hydrogen (secondary N) is 1. The van der Waals surface area contributed by atoms with Crippen LogP contribution in [0.15, 0.2) is 24.3 Å². The number of hydrogen-bond donors (Lipinski definition) is 3. The summed E-state index contributed by atoms with van der Waals surface area (Å²) in [5.74, 6) is 5.35. The Kier molecular flexibility index (Phi) is 3.13. The van der Waals surface area contributed by atoms with Crippen molar-refractivity contribution in [2.45, 2.75) is 5.75 Å². The van der Waals surface area contributed by atoms with Crippen molar-refractivity contribution in [3.8, 4) is 0 Å². The molecule has 0 atom stereocenters. The lowest BCUT2D eigenvalue weighted by molar-refractivity contribution is 0.0953. The Balaban J connectivity index is 2.84. The minimum absolute atomic E-state index is 0.277. The third-order valence-corrected chi connectivity index (χ3v) is 1.89. The predicted molar refractivity (Wildman–Crippen MR) is 50.8 cm³/mol. The topological polar surface area (TPSA) is 55.1 Å². The highest BCUT2D eigenvalue weighted by molar-refractivity contribution is 7.79. The lowest BCUT2D eigenvalue weighted by atomic mass is 10.1. The van der Waals surface area contributed by atoms with Gasteiger partial charge >= 0.3 is 0 Å². The van der Waals surface area contributed by atoms with E-state index in [9.17, 15) is 4.79 Å². The normalized spacial score (nSPS) is 9.50. The first kappa shape index (κ1) is 9.09. The Morgan fingerprint density at radius 1 is 1.42 bits per heavy atom. The second-order valence-electron chi connectivity index (χ2n) is 2.33. The van der Waals surface area contributed by atoms with E-state index in [0.717, 1.165) is 5.56 Å². The van der Waals surface area contributed by atoms with Crippen LogP contribution in [0.5, 0.6) is 0 Å². The summed E-state index contributed by atoms with van der Waals surface area (Å²) in [5.41, 5.74) is 3.69. The SMILES string of the molecule is NNC(=O)c1ccc(CS)cc1. The maximum absolute atomic E-state index is 11.0. The van der Waals surface area contributed by atoms with E-state index in [0.29, 0.717) is 11.3 Å². The van der Waals surface area contributed by atoms with Gasteiger partial charge in [0.25, 0.3) is 5.91 Å². The van der Waals surface area contributed by atoms with Crippen molar-refractivity contribution in [2.24, 2.45) is 5.84 Å². The zero-order valence-corrected chi connectivity index (χ0v) is 7.34. The number of rotatable bonds is 2. The molecule has 1 amide bonds. The van der Waals surface area contributed by atoms with E-state index >= 15 is 0 Å². The molecule has 1 aromatic rings. The molecule has 1 rings (SSSR count). The lowest BCUT2D eigenvalue weighted by Crippen LogP contribution is -2.29. The van der Waals surface area contributed by atoms with Crippen LogP contribution in [0.2, 0.25) is 0 Å². The van der Waals surface area contributed by atoms with Gasteiger partial charge in [-0.15, -0.1) is 0 Å². The van der Waals surface area contributed by atoms with Gasteiger partial charge in [-0.05, 0) is 17.7 Å². The Labute approximate surface area is 76.3 Å². The zero-order chi connectivity index (χ0) is 8.97. The molecule has 0 aromatic heterocycles. The number of amides is 1. The van der Waals surface area contributed by atoms with Gasteiger partial charge in [0, 0.05) is 11.3 Å². The molecule has 0 heterocycles. The van der Waals surface area contributed by atoms with Crippen molar-refractivity contribution in [1.82, 2.24) is 5.43 Å². The standard InChI is InChI=1S/C8H10N2OS/c9-10-8(11)7-3-1-6(5-12)2-4-7/h1-4,12H,5,9H2,(H,10,11). The molecular formula is C8H10N2OS. The van der Waals surface area contributed by atoms with Gasteiger partial charge in [0.05, 0.1) is 0 Å². The number of carbonyl (C=O) groups is 1. The fourth-order valence-corrected chi connectivity index (χ4v) is 1.06. The van der Waals surface area contributed by atoms with Crippen LogP contribution < -0.4 is 11.3 Å². The molecule has 3 N–H and O–H groups in total. The summed E-state index contributed by atoms with van der Waals surface area (Å²) in [4.78, 5) is 11.0. The molecule has 0 unspecified atom stereocenters. The highest BCUT2D eigenvalue weighted by Crippen LogP contribution is 2.05. The van der Waals surface area contributed by atoms with Crippen LogP contribution in [0.1, 0.15) is 15.9 Å². The number of hydrogen-bond acceptors (Lipinski definition) is 3. The van der Waals surface area contributed by atoms with Crippen LogP contribution >= 0.6 is 12.6 Å². The van der Waals surface area contributed by atoms with Crippen molar-refractivity contribution in [3.05, 3.63) is 35.4 Å². The summed E-state index contributed by atoms with van der Waals surface area (Å²) < 4.78 is 0. The van der Waals surface area contributed by atoms with Crippen molar-refractivity contribution in [3.63, 3.8) is 0 Å². The first-order valence-corrected chi connectivity index (χ1v) is 4.12. The second kappa shape index (κ2) is 4.13. The van der Waals surface area contributed by atoms with Crippen molar-refractivity contribution < 1.29 is 4.79 Å². The van der Waals surface area contributed by atoms with Crippen LogP contribution in [0.25, 0.3) is 0 Å². The summed E-state index contributed by atoms with van der Waals surface area (Å²) in [7, 11) is 0. The molecule has 3 nitrogen and oxygen atoms in total. The van der Waals surface area contributed by atoms with E-state index in [-0.39, 0.29) is 5.91 Å². The van der Waals surface area contributed by atoms with E-state index in [1.54, 1.807) is 12.1 Å². The minimum atomic E-state index is -0.277. The molecule has 0 aliphatic rings. The van der Waals surface area contributed by atoms with Gasteiger partial charge in [-0.2, -0.15) is 12.6 Å². The molecule has 0 aliphatic carbocycles. The molecule has 0 saturated heterocycles. The number of nitrogen functional groups attached to an aromatic ring is 1. The number of nitrogens with two attached hydrogens (primary N) is 1. The van der Waals surface area contributed by atoms with Gasteiger partial charge < -0.3 is 0 Å². The molecule has 0 aliphatic heterocycles. The zero-order valence-electron chi connectivity index (χ0n) is 6.45. The monoisotopic (exact) mass is 182 g/mol. The van der Waals surface area contributed by atoms with Crippen molar-refractivity contribution >= 4 is 18.5 Å². The van der Waals surface area contributed by atoms with Crippen LogP contribution in [0.4, 0.5) is 0 Å². The summed E-state index contributed by atoms with van der Waals surface area (Å²) in [6, 6.07) is 7.12. The maximum atomic E-state index is 11.0. The first-order valence-electron chi connectivity index (χ1n) is 3.48. The van der Waals surface area contributed by atoms with E-state index in [2.05, 4.69) is 18.1 Å². The Morgan fingerprint density at radius 2 is 2.00 bits per heavy atom. The van der Waals surface area contributed by atoms with Gasteiger partial charge in [0.1, 0.15) is 0 Å². The Morgan fingerprint density at radius 3 is 2.42 bits per heavy atom. The molecular weight excluding hydrogens is 172 g/mol. The molecule has 64 valence electrons. The molecule has 4 heteroatoms. The summed E-state index contributed by atoms with van der Waals surface area (Å²) in [6.45, 7) is 0. The highest BCUT2D eigenvalue weighted by atomic mass is 32.1. The summed E-state index contributed by atoms with van der Waals surface area (Å²) >= 11 is 4.09. The van der Waals surface area contributed by atoms with Gasteiger partial charge in [-0.25, -0.2) is 5.84 Å². The molecule has 0 saturated carbocycles. The molecule has 1 aromatic carbocycles. The number of carbonyl (C=O) groups excluding carboxylic acids is 1. The smallest absolute Gasteiger partial charge is 0.265 e. The van der Waals surface area contributed by atoms with E-state index < -0.39 is 0 Å². The third-order valence-electron chi connectivity index (χ3n) is 1.53. The maximum Gasteiger partial charge on any atom is 0.265 e. The largest absolute Gasteiger partial charge is 0.290 e. The van der Waals surface area contributed by atoms with Gasteiger partial charge in [0.2, 0.25) is 0 Å². The van der Waals surface area contributed by atoms with Crippen LogP contribution in [-0.4, -0.2) is 5.91 Å². The summed E-state index contributed by atoms with van der Waals surface area (Å²) in [5, 5.41) is 0. The second-order valence-corrected chi connectivity index (χ2v) is 2.64. The van der Waals surface area contributed by atoms with Gasteiger partial charge in [-0.3, -0.25) is 10.2 Å². The van der Waals surface area contributed by atoms with Crippen molar-refractivity contribution in [2.75, 3.05) is 0 Å². The predicted octanol–water partition coefficient (Wildman–Crippen LogP) is 0.720. The van der Waals surface area contributed by atoms with Crippen LogP contribution in [-0.2, 0) is 5.75 Å². The van der Waals surface area contributed by atoms with Crippen LogP contribution in [0, 0.1) is 0 Å². The Bertz CT molecular complexity index is 271. The quantitative estimate of drug-likeness (QED) is 0.273. The Hall–Kier alpha value is -1.00. The highest BCUT2D eigenvalue weighted by Gasteiger charge is 2.01. The number of hydrazine groups is 1. The lowest BCUT2D eigenvalue weighted by Gasteiger charge is -1.99. The molecule has 12 heavy (non-hydrogen) atoms. The van der Waals surface area contributed by atoms with E-state index in [1.807, 2.05) is 12.1 Å². The van der Waals surface area contributed by atoms with E-state index in [1.165, 1.54) is 0 Å². The number of thiol groups is 1. The molecule has 0 spiro atoms. The van der Waals surface area contributed by atoms with E-state index in [4.69, 9.17) is 5.84 Å². The van der Waals surface area contributed by atoms with Gasteiger partial charge in [0.15, 0.2) is 0 Å². The fourth-order valence-electron chi connectivity index (χ4n) is 0.845. The third kappa shape index (κ3) is 1.99. The molecule has 0 radical (unpaired) electrons. The van der Waals surface area contributed by atoms with Gasteiger partial charge in [-0.1, -0.05) is 12.1 Å². The van der Waals surface area contributed by atoms with Crippen LogP contribution in [0.3, 0.4) is 0 Å². The van der Waals surface area contributed by atoms with Crippen molar-refractivity contribution in [1.29, 1.82) is 0 Å². The minimum Gasteiger partial charge on any atom is -0.290 e.